The predicted octanol–water partition coefficient (Wildman–Crippen LogP) is 4.33. The van der Waals surface area contributed by atoms with Crippen LogP contribution in [0, 0.1) is 6.92 Å². The molecule has 1 aliphatic heterocycles. The number of aromatic nitrogens is 4. The van der Waals surface area contributed by atoms with E-state index in [1.165, 1.54) is 0 Å². The smallest absolute Gasteiger partial charge is 0.274 e. The quantitative estimate of drug-likeness (QED) is 0.606. The molecule has 0 radical (unpaired) electrons. The van der Waals surface area contributed by atoms with Gasteiger partial charge >= 0.3 is 0 Å². The molecule has 1 amide bonds. The van der Waals surface area contributed by atoms with Gasteiger partial charge in [0.2, 0.25) is 5.95 Å². The van der Waals surface area contributed by atoms with Crippen molar-refractivity contribution in [2.24, 2.45) is 0 Å². The molecule has 1 fully saturated rings. The zero-order valence-electron chi connectivity index (χ0n) is 17.9. The molecule has 0 aliphatic carbocycles. The molecule has 1 aliphatic rings. The van der Waals surface area contributed by atoms with Crippen LogP contribution >= 0.6 is 11.6 Å². The Hall–Kier alpha value is -3.06. The number of carbonyl (C=O) groups excluding carboxylic acids is 1. The van der Waals surface area contributed by atoms with E-state index in [4.69, 9.17) is 16.6 Å². The number of anilines is 1. The second-order valence-electron chi connectivity index (χ2n) is 7.93. The molecule has 1 atom stereocenters. The van der Waals surface area contributed by atoms with Gasteiger partial charge in [0.05, 0.1) is 23.6 Å². The van der Waals surface area contributed by atoms with Crippen LogP contribution in [0.4, 0.5) is 5.95 Å². The van der Waals surface area contributed by atoms with Crippen LogP contribution < -0.4 is 4.90 Å². The minimum Gasteiger partial charge on any atom is -0.347 e. The third kappa shape index (κ3) is 4.51. The number of likely N-dealkylation sites (tertiary alicyclic amines) is 1. The Bertz CT molecular complexity index is 1090. The van der Waals surface area contributed by atoms with Crippen molar-refractivity contribution in [2.75, 3.05) is 25.5 Å². The van der Waals surface area contributed by atoms with Gasteiger partial charge in [-0.1, -0.05) is 23.7 Å². The van der Waals surface area contributed by atoms with E-state index in [1.807, 2.05) is 61.3 Å². The molecule has 2 aromatic heterocycles. The second-order valence-corrected chi connectivity index (χ2v) is 8.36. The van der Waals surface area contributed by atoms with Gasteiger partial charge in [-0.05, 0) is 43.9 Å². The van der Waals surface area contributed by atoms with E-state index < -0.39 is 0 Å². The molecule has 3 aromatic rings. The molecule has 0 bridgehead atoms. The van der Waals surface area contributed by atoms with E-state index >= 15 is 0 Å². The number of carbonyl (C=O) groups is 1. The Morgan fingerprint density at radius 3 is 2.68 bits per heavy atom. The third-order valence-corrected chi connectivity index (χ3v) is 5.66. The fourth-order valence-electron chi connectivity index (χ4n) is 3.84. The lowest BCUT2D eigenvalue weighted by atomic mass is 9.93. The highest BCUT2D eigenvalue weighted by Crippen LogP contribution is 2.37. The largest absolute Gasteiger partial charge is 0.347 e. The maximum atomic E-state index is 13.4. The summed E-state index contributed by atoms with van der Waals surface area (Å²) in [6.07, 6.45) is 7.78. The van der Waals surface area contributed by atoms with E-state index in [2.05, 4.69) is 15.0 Å². The van der Waals surface area contributed by atoms with Crippen LogP contribution in [0.2, 0.25) is 5.02 Å². The van der Waals surface area contributed by atoms with E-state index in [1.54, 1.807) is 12.4 Å². The summed E-state index contributed by atoms with van der Waals surface area (Å²) in [4.78, 5) is 35.1. The van der Waals surface area contributed by atoms with E-state index in [9.17, 15) is 4.79 Å². The number of aryl methyl sites for hydroxylation is 1. The summed E-state index contributed by atoms with van der Waals surface area (Å²) >= 11 is 6.26. The van der Waals surface area contributed by atoms with Crippen molar-refractivity contribution in [1.82, 2.24) is 24.8 Å². The number of hydrogen-bond acceptors (Lipinski definition) is 6. The maximum absolute atomic E-state index is 13.4. The van der Waals surface area contributed by atoms with Gasteiger partial charge in [0.15, 0.2) is 0 Å². The maximum Gasteiger partial charge on any atom is 0.274 e. The van der Waals surface area contributed by atoms with Crippen LogP contribution in [0.5, 0.6) is 0 Å². The van der Waals surface area contributed by atoms with Crippen molar-refractivity contribution < 1.29 is 4.79 Å². The fourth-order valence-corrected chi connectivity index (χ4v) is 4.03. The molecule has 8 heteroatoms. The van der Waals surface area contributed by atoms with Crippen LogP contribution in [-0.2, 0) is 0 Å². The summed E-state index contributed by atoms with van der Waals surface area (Å²) < 4.78 is 0. The molecular weight excluding hydrogens is 412 g/mol. The summed E-state index contributed by atoms with van der Waals surface area (Å²) in [7, 11) is 3.81. The highest BCUT2D eigenvalue weighted by molar-refractivity contribution is 6.30. The van der Waals surface area contributed by atoms with Crippen LogP contribution in [0.1, 0.15) is 47.2 Å². The summed E-state index contributed by atoms with van der Waals surface area (Å²) in [5.41, 5.74) is 3.77. The Kier molecular flexibility index (Phi) is 6.13. The van der Waals surface area contributed by atoms with Gasteiger partial charge in [-0.3, -0.25) is 9.78 Å². The number of hydrogen-bond donors (Lipinski definition) is 0. The van der Waals surface area contributed by atoms with Gasteiger partial charge in [-0.25, -0.2) is 15.0 Å². The zero-order chi connectivity index (χ0) is 22.0. The molecule has 3 heterocycles. The fraction of sp³-hybridized carbons (Fsp3) is 0.348. The second kappa shape index (κ2) is 8.98. The number of piperidine rings is 1. The van der Waals surface area contributed by atoms with Crippen molar-refractivity contribution in [2.45, 2.75) is 32.2 Å². The van der Waals surface area contributed by atoms with Crippen LogP contribution in [0.15, 0.2) is 42.9 Å². The van der Waals surface area contributed by atoms with Crippen molar-refractivity contribution in [3.05, 3.63) is 65.0 Å². The number of benzene rings is 1. The first-order valence-electron chi connectivity index (χ1n) is 10.3. The Morgan fingerprint density at radius 1 is 1.13 bits per heavy atom. The molecule has 4 rings (SSSR count). The summed E-state index contributed by atoms with van der Waals surface area (Å²) in [5.74, 6) is 0.480. The van der Waals surface area contributed by atoms with Gasteiger partial charge in [-0.15, -0.1) is 0 Å². The number of halogens is 1. The van der Waals surface area contributed by atoms with Crippen molar-refractivity contribution in [1.29, 1.82) is 0 Å². The molecule has 0 spiro atoms. The lowest BCUT2D eigenvalue weighted by molar-refractivity contribution is 0.0600. The molecule has 1 saturated heterocycles. The lowest BCUT2D eigenvalue weighted by Crippen LogP contribution is -2.39. The van der Waals surface area contributed by atoms with Crippen molar-refractivity contribution in [3.63, 3.8) is 0 Å². The van der Waals surface area contributed by atoms with Gasteiger partial charge < -0.3 is 9.80 Å². The monoisotopic (exact) mass is 436 g/mol. The zero-order valence-corrected chi connectivity index (χ0v) is 18.7. The van der Waals surface area contributed by atoms with Crippen molar-refractivity contribution in [3.8, 4) is 11.1 Å². The summed E-state index contributed by atoms with van der Waals surface area (Å²) in [6, 6.07) is 7.46. The van der Waals surface area contributed by atoms with Gasteiger partial charge in [0.1, 0.15) is 5.69 Å². The van der Waals surface area contributed by atoms with Gasteiger partial charge in [-0.2, -0.15) is 0 Å². The molecule has 160 valence electrons. The Labute approximate surface area is 187 Å². The first-order chi connectivity index (χ1) is 14.9. The molecule has 0 unspecified atom stereocenters. The lowest BCUT2D eigenvalue weighted by Gasteiger charge is -2.36. The van der Waals surface area contributed by atoms with Crippen molar-refractivity contribution >= 4 is 23.5 Å². The van der Waals surface area contributed by atoms with Crippen LogP contribution in [0.3, 0.4) is 0 Å². The molecule has 31 heavy (non-hydrogen) atoms. The SMILES string of the molecule is Cc1cnc(C(=O)N2CCCC[C@@H]2c2nc(N(C)C)ncc2-c2cccc(Cl)c2)cn1. The molecule has 7 nitrogen and oxygen atoms in total. The average molecular weight is 437 g/mol. The minimum atomic E-state index is -0.181. The first-order valence-corrected chi connectivity index (χ1v) is 10.7. The van der Waals surface area contributed by atoms with Gasteiger partial charge in [0, 0.05) is 43.6 Å². The normalized spacial score (nSPS) is 16.3. The minimum absolute atomic E-state index is 0.126. The van der Waals surface area contributed by atoms with Crippen LogP contribution in [0.25, 0.3) is 11.1 Å². The molecule has 0 N–H and O–H groups in total. The van der Waals surface area contributed by atoms with Crippen LogP contribution in [-0.4, -0.2) is 51.4 Å². The molecule has 1 aromatic carbocycles. The topological polar surface area (TPSA) is 75.1 Å². The Balaban J connectivity index is 1.80. The number of amides is 1. The highest BCUT2D eigenvalue weighted by Gasteiger charge is 2.33. The first kappa shape index (κ1) is 21.2. The standard InChI is InChI=1S/C23H25ClN6O/c1-15-12-26-19(14-25-15)22(31)30-10-5-4-9-20(30)21-18(13-27-23(28-21)29(2)3)16-7-6-8-17(24)11-16/h6-8,11-14,20H,4-5,9-10H2,1-3H3/t20-/m1/s1. The summed E-state index contributed by atoms with van der Waals surface area (Å²) in [5, 5.41) is 0.645. The number of nitrogens with zero attached hydrogens (tertiary/aromatic N) is 6. The number of rotatable bonds is 4. The third-order valence-electron chi connectivity index (χ3n) is 5.42. The van der Waals surface area contributed by atoms with E-state index in [-0.39, 0.29) is 11.9 Å². The summed E-state index contributed by atoms with van der Waals surface area (Å²) in [6.45, 7) is 2.50. The highest BCUT2D eigenvalue weighted by atomic mass is 35.5. The Morgan fingerprint density at radius 2 is 1.97 bits per heavy atom. The molecule has 0 saturated carbocycles. The molecular formula is C23H25ClN6O. The van der Waals surface area contributed by atoms with E-state index in [0.29, 0.717) is 23.2 Å². The van der Waals surface area contributed by atoms with Gasteiger partial charge in [0.25, 0.3) is 5.91 Å². The van der Waals surface area contributed by atoms with E-state index in [0.717, 1.165) is 41.8 Å². The predicted molar refractivity (Wildman–Crippen MR) is 121 cm³/mol. The average Bonchev–Trinajstić information content (AvgIpc) is 2.78.